The van der Waals surface area contributed by atoms with Crippen LogP contribution < -0.4 is 10.2 Å². The van der Waals surface area contributed by atoms with Crippen LogP contribution in [0.25, 0.3) is 22.3 Å². The van der Waals surface area contributed by atoms with E-state index in [1.165, 1.54) is 11.2 Å². The van der Waals surface area contributed by atoms with Gasteiger partial charge in [0, 0.05) is 50.0 Å². The fourth-order valence-corrected chi connectivity index (χ4v) is 5.31. The highest BCUT2D eigenvalue weighted by atomic mass is 19.3. The van der Waals surface area contributed by atoms with Crippen molar-refractivity contribution >= 4 is 34.7 Å². The Morgan fingerprint density at radius 2 is 1.81 bits per heavy atom. The molecular weight excluding hydrogens is 556 g/mol. The van der Waals surface area contributed by atoms with E-state index in [2.05, 4.69) is 42.1 Å². The Morgan fingerprint density at radius 1 is 1.05 bits per heavy atom. The molecule has 1 amide bonds. The van der Waals surface area contributed by atoms with Crippen LogP contribution in [0.15, 0.2) is 48.9 Å². The molecule has 0 bridgehead atoms. The lowest BCUT2D eigenvalue weighted by Crippen LogP contribution is -2.56. The summed E-state index contributed by atoms with van der Waals surface area (Å²) in [4.78, 5) is 39.0. The van der Waals surface area contributed by atoms with Crippen molar-refractivity contribution in [3.63, 3.8) is 0 Å². The first kappa shape index (κ1) is 28.7. The lowest BCUT2D eigenvalue weighted by Gasteiger charge is -2.39. The van der Waals surface area contributed by atoms with Crippen molar-refractivity contribution in [1.29, 1.82) is 0 Å². The van der Waals surface area contributed by atoms with Gasteiger partial charge >= 0.3 is 6.09 Å². The number of halogens is 2. The van der Waals surface area contributed by atoms with Crippen molar-refractivity contribution < 1.29 is 18.3 Å². The number of carbonyl (C=O) groups excluding carboxylic acids is 1. The number of rotatable bonds is 6. The molecule has 5 heterocycles. The van der Waals surface area contributed by atoms with E-state index in [1.807, 2.05) is 51.1 Å². The Kier molecular flexibility index (Phi) is 7.36. The quantitative estimate of drug-likeness (QED) is 0.311. The van der Waals surface area contributed by atoms with Crippen molar-refractivity contribution in [2.45, 2.75) is 45.3 Å². The zero-order valence-corrected chi connectivity index (χ0v) is 24.6. The second kappa shape index (κ2) is 11.0. The van der Waals surface area contributed by atoms with Gasteiger partial charge in [-0.2, -0.15) is 0 Å². The number of anilines is 3. The van der Waals surface area contributed by atoms with Crippen molar-refractivity contribution in [3.8, 4) is 11.3 Å². The minimum Gasteiger partial charge on any atom is -0.444 e. The Hall–Kier alpha value is -4.39. The van der Waals surface area contributed by atoms with Crippen molar-refractivity contribution in [2.24, 2.45) is 0 Å². The normalized spacial score (nSPS) is 17.9. The highest BCUT2D eigenvalue weighted by Crippen LogP contribution is 2.32. The molecule has 2 aliphatic heterocycles. The van der Waals surface area contributed by atoms with Crippen LogP contribution >= 0.6 is 0 Å². The number of carbonyl (C=O) groups is 1. The van der Waals surface area contributed by atoms with Gasteiger partial charge in [0.05, 0.1) is 29.8 Å². The van der Waals surface area contributed by atoms with Gasteiger partial charge in [-0.1, -0.05) is 6.07 Å². The van der Waals surface area contributed by atoms with Gasteiger partial charge in [0.1, 0.15) is 23.6 Å². The maximum atomic E-state index is 13.3. The molecule has 3 aromatic heterocycles. The van der Waals surface area contributed by atoms with Gasteiger partial charge in [-0.3, -0.25) is 4.90 Å². The first-order valence-electron chi connectivity index (χ1n) is 14.3. The number of amides is 1. The summed E-state index contributed by atoms with van der Waals surface area (Å²) in [6, 6.07) is 11.6. The van der Waals surface area contributed by atoms with Crippen LogP contribution in [0, 0.1) is 0 Å². The molecule has 13 heteroatoms. The zero-order chi connectivity index (χ0) is 30.4. The van der Waals surface area contributed by atoms with E-state index in [-0.39, 0.29) is 25.2 Å². The van der Waals surface area contributed by atoms with Crippen LogP contribution in [0.2, 0.25) is 0 Å². The third-order valence-corrected chi connectivity index (χ3v) is 7.63. The van der Waals surface area contributed by atoms with Gasteiger partial charge in [-0.15, -0.1) is 0 Å². The molecule has 1 atom stereocenters. The predicted molar refractivity (Wildman–Crippen MR) is 160 cm³/mol. The van der Waals surface area contributed by atoms with Crippen molar-refractivity contribution in [2.75, 3.05) is 49.5 Å². The molecule has 2 saturated heterocycles. The summed E-state index contributed by atoms with van der Waals surface area (Å²) in [7, 11) is 0. The Labute approximate surface area is 248 Å². The first-order chi connectivity index (χ1) is 20.4. The van der Waals surface area contributed by atoms with Gasteiger partial charge in [0.2, 0.25) is 5.95 Å². The molecule has 2 aliphatic rings. The molecular formula is C30H35F2N9O2. The number of benzene rings is 1. The molecule has 4 aromatic rings. The van der Waals surface area contributed by atoms with E-state index in [1.54, 1.807) is 17.2 Å². The number of hydrogen-bond donors (Lipinski definition) is 2. The molecule has 1 unspecified atom stereocenters. The average molecular weight is 592 g/mol. The number of nitrogens with one attached hydrogen (secondary N) is 2. The number of aromatic nitrogens is 5. The van der Waals surface area contributed by atoms with E-state index < -0.39 is 11.5 Å². The molecule has 0 radical (unpaired) electrons. The van der Waals surface area contributed by atoms with Gasteiger partial charge < -0.3 is 24.8 Å². The minimum absolute atomic E-state index is 0.128. The molecule has 2 fully saturated rings. The topological polar surface area (TPSA) is 115 Å². The number of imidazole rings is 1. The smallest absolute Gasteiger partial charge is 0.410 e. The summed E-state index contributed by atoms with van der Waals surface area (Å²) in [6.45, 7) is 9.82. The third-order valence-electron chi connectivity index (χ3n) is 7.63. The second-order valence-electron chi connectivity index (χ2n) is 12.1. The highest BCUT2D eigenvalue weighted by molar-refractivity contribution is 5.83. The van der Waals surface area contributed by atoms with Gasteiger partial charge in [-0.25, -0.2) is 33.5 Å². The van der Waals surface area contributed by atoms with Crippen LogP contribution in [-0.2, 0) is 4.74 Å². The summed E-state index contributed by atoms with van der Waals surface area (Å²) >= 11 is 0. The average Bonchev–Trinajstić information content (AvgIpc) is 3.36. The number of aromatic amines is 1. The number of hydrogen-bond acceptors (Lipinski definition) is 9. The van der Waals surface area contributed by atoms with Crippen LogP contribution in [0.4, 0.5) is 31.2 Å². The van der Waals surface area contributed by atoms with Crippen molar-refractivity contribution in [1.82, 2.24) is 34.7 Å². The number of H-pyrrole nitrogens is 1. The van der Waals surface area contributed by atoms with Crippen LogP contribution in [0.1, 0.15) is 39.3 Å². The summed E-state index contributed by atoms with van der Waals surface area (Å²) in [5.41, 5.74) is 3.60. The predicted octanol–water partition coefficient (Wildman–Crippen LogP) is 5.23. The molecule has 2 N–H and O–H groups in total. The fraction of sp³-hybridized carbons (Fsp3) is 0.433. The Bertz CT molecular complexity index is 1620. The van der Waals surface area contributed by atoms with E-state index in [9.17, 15) is 13.6 Å². The second-order valence-corrected chi connectivity index (χ2v) is 12.1. The number of fused-ring (bicyclic) bond motifs is 1. The summed E-state index contributed by atoms with van der Waals surface area (Å²) in [5.74, 6) is -0.994. The monoisotopic (exact) mass is 591 g/mol. The van der Waals surface area contributed by atoms with E-state index in [4.69, 9.17) is 4.74 Å². The molecule has 11 nitrogen and oxygen atoms in total. The maximum absolute atomic E-state index is 13.3. The summed E-state index contributed by atoms with van der Waals surface area (Å²) in [5, 5.41) is 3.27. The third kappa shape index (κ3) is 6.51. The molecule has 0 aliphatic carbocycles. The lowest BCUT2D eigenvalue weighted by atomic mass is 10.1. The van der Waals surface area contributed by atoms with E-state index in [0.29, 0.717) is 36.4 Å². The number of alkyl halides is 2. The van der Waals surface area contributed by atoms with Gasteiger partial charge in [-0.05, 0) is 57.5 Å². The number of pyridine rings is 1. The van der Waals surface area contributed by atoms with Gasteiger partial charge in [0.15, 0.2) is 0 Å². The maximum Gasteiger partial charge on any atom is 0.410 e. The van der Waals surface area contributed by atoms with E-state index >= 15 is 0 Å². The molecule has 1 aromatic carbocycles. The number of nitrogens with zero attached hydrogens (tertiary/aromatic N) is 7. The fourth-order valence-electron chi connectivity index (χ4n) is 5.31. The number of ether oxygens (including phenoxy) is 1. The number of piperazine rings is 1. The van der Waals surface area contributed by atoms with Crippen molar-refractivity contribution in [3.05, 3.63) is 54.5 Å². The SMILES string of the molecule is CC(c1ccnc(Nc2nc3ccc(-c4cc(N5CC(F)(F)C5)ncn4)cc3[nH]2)c1)N1CCN(C(=O)OC(C)(C)C)CC1. The molecule has 0 saturated carbocycles. The first-order valence-corrected chi connectivity index (χ1v) is 14.3. The summed E-state index contributed by atoms with van der Waals surface area (Å²) < 4.78 is 32.2. The Balaban J connectivity index is 1.11. The largest absolute Gasteiger partial charge is 0.444 e. The van der Waals surface area contributed by atoms with Crippen LogP contribution in [0.5, 0.6) is 0 Å². The molecule has 6 rings (SSSR count). The molecule has 226 valence electrons. The minimum atomic E-state index is -2.67. The van der Waals surface area contributed by atoms with E-state index in [0.717, 1.165) is 35.2 Å². The standard InChI is InChI=1S/C30H35F2N9O2/c1-19(39-9-11-40(12-10-39)28(42)43-29(2,3)4)20-7-8-33-25(14-20)38-27-36-22-6-5-21(13-24(22)37-27)23-15-26(35-18-34-23)41-16-30(31,32)17-41/h5-8,13-15,18-19H,9-12,16-17H2,1-4H3,(H2,33,36,37,38). The Morgan fingerprint density at radius 3 is 2.53 bits per heavy atom. The highest BCUT2D eigenvalue weighted by Gasteiger charge is 2.44. The van der Waals surface area contributed by atoms with Gasteiger partial charge in [0.25, 0.3) is 5.92 Å². The van der Waals surface area contributed by atoms with Crippen LogP contribution in [-0.4, -0.2) is 91.6 Å². The molecule has 43 heavy (non-hydrogen) atoms. The van der Waals surface area contributed by atoms with Crippen LogP contribution in [0.3, 0.4) is 0 Å². The lowest BCUT2D eigenvalue weighted by molar-refractivity contribution is -0.0267. The molecule has 0 spiro atoms. The zero-order valence-electron chi connectivity index (χ0n) is 24.6. The summed E-state index contributed by atoms with van der Waals surface area (Å²) in [6.07, 6.45) is 2.90.